The summed E-state index contributed by atoms with van der Waals surface area (Å²) in [5.41, 5.74) is 21.0. The van der Waals surface area contributed by atoms with Crippen LogP contribution in [-0.4, -0.2) is 30.8 Å². The van der Waals surface area contributed by atoms with E-state index >= 15 is 0 Å². The van der Waals surface area contributed by atoms with Gasteiger partial charge in [0.1, 0.15) is 11.5 Å². The predicted octanol–water partition coefficient (Wildman–Crippen LogP) is 14.5. The summed E-state index contributed by atoms with van der Waals surface area (Å²) in [7, 11) is 3.45. The number of nitrogens with zero attached hydrogens (tertiary/aromatic N) is 1. The molecule has 0 radical (unpaired) electrons. The molecular formula is C58H51Br2NO4. The molecule has 1 heterocycles. The van der Waals surface area contributed by atoms with Crippen molar-refractivity contribution in [2.45, 2.75) is 71.6 Å². The highest BCUT2D eigenvalue weighted by molar-refractivity contribution is 9.10. The van der Waals surface area contributed by atoms with Gasteiger partial charge < -0.3 is 9.47 Å². The zero-order valence-corrected chi connectivity index (χ0v) is 40.5. The second-order valence-electron chi connectivity index (χ2n) is 17.3. The minimum Gasteiger partial charge on any atom is -0.497 e. The molecule has 4 aliphatic carbocycles. The lowest BCUT2D eigenvalue weighted by molar-refractivity contribution is 0.0971. The molecule has 0 amide bonds. The summed E-state index contributed by atoms with van der Waals surface area (Å²) in [6.07, 6.45) is 10.6. The number of ether oxygens (including phenoxy) is 2. The number of aromatic nitrogens is 1. The molecule has 0 fully saturated rings. The number of carbonyl (C=O) groups excluding carboxylic acids is 2. The Morgan fingerprint density at radius 3 is 1.66 bits per heavy atom. The lowest BCUT2D eigenvalue weighted by Gasteiger charge is -2.29. The number of rotatable bonds is 4. The lowest BCUT2D eigenvalue weighted by atomic mass is 9.78. The van der Waals surface area contributed by atoms with E-state index in [1.165, 1.54) is 61.2 Å². The number of fused-ring (bicyclic) bond motifs is 8. The van der Waals surface area contributed by atoms with Crippen LogP contribution in [0.15, 0.2) is 136 Å². The summed E-state index contributed by atoms with van der Waals surface area (Å²) in [6.45, 7) is 4.06. The zero-order valence-electron chi connectivity index (χ0n) is 37.3. The van der Waals surface area contributed by atoms with Crippen LogP contribution in [0, 0.1) is 13.8 Å². The molecular weight excluding hydrogens is 934 g/mol. The van der Waals surface area contributed by atoms with Gasteiger partial charge in [-0.3, -0.25) is 9.59 Å². The van der Waals surface area contributed by atoms with Gasteiger partial charge in [-0.05, 0) is 182 Å². The number of Topliss-reactive ketones (excluding diaryl/α,β-unsaturated/α-hetero) is 2. The number of halogens is 2. The van der Waals surface area contributed by atoms with Gasteiger partial charge in [-0.15, -0.1) is 0 Å². The average molecular weight is 986 g/mol. The molecule has 0 saturated heterocycles. The summed E-state index contributed by atoms with van der Waals surface area (Å²) in [6, 6.07) is 41.8. The number of aryl methyl sites for hydroxylation is 6. The first-order valence-corrected chi connectivity index (χ1v) is 24.0. The Morgan fingerprint density at radius 2 is 1.06 bits per heavy atom. The van der Waals surface area contributed by atoms with Crippen LogP contribution in [-0.2, 0) is 38.5 Å². The summed E-state index contributed by atoms with van der Waals surface area (Å²) in [5, 5.41) is 0. The molecule has 0 atom stereocenters. The van der Waals surface area contributed by atoms with Crippen LogP contribution in [0.25, 0.3) is 39.7 Å². The number of hydrogen-bond donors (Lipinski definition) is 0. The fourth-order valence-electron chi connectivity index (χ4n) is 9.70. The third-order valence-corrected chi connectivity index (χ3v) is 14.0. The maximum atomic E-state index is 12.6. The molecule has 7 aromatic rings. The van der Waals surface area contributed by atoms with Crippen LogP contribution in [0.1, 0.15) is 90.0 Å². The van der Waals surface area contributed by atoms with Crippen LogP contribution in [0.2, 0.25) is 0 Å². The van der Waals surface area contributed by atoms with E-state index in [4.69, 9.17) is 14.5 Å². The Balaban J connectivity index is 0.000000140. The molecule has 65 heavy (non-hydrogen) atoms. The lowest BCUT2D eigenvalue weighted by Crippen LogP contribution is -2.15. The summed E-state index contributed by atoms with van der Waals surface area (Å²) >= 11 is 7.16. The quantitative estimate of drug-likeness (QED) is 0.164. The maximum absolute atomic E-state index is 12.6. The predicted molar refractivity (Wildman–Crippen MR) is 271 cm³/mol. The SMILES string of the molecule is COc1ccc2c(c1)-c1nc3c(c(-c4cccc(Br)c4)c1CC2)CCc1ccc(OC)cc1-3.Cc1ccc2c(c1)C(=O)/C(=C/c1cccc(Br)c1)CC2.Cc1ccc2c(c1)C(=O)CCC2. The van der Waals surface area contributed by atoms with Gasteiger partial charge in [0.15, 0.2) is 11.6 Å². The standard InChI is InChI=1S/C29H24BrNO2.C18H15BrO.C11H12O/c1-32-21-10-6-17-8-12-23-27(19-4-3-5-20(30)14-19)24-13-9-18-7-11-22(33-2)16-26(18)29(24)31-28(23)25(17)15-21;1-12-5-6-14-7-8-15(18(20)17(14)9-12)10-13-3-2-4-16(19)11-13;1-8-5-6-9-3-2-4-11(12)10(9)7-8/h3-7,10-11,14-16H,8-9,12-13H2,1-2H3;2-6,9-11H,7-8H2,1H3;5-7H,2-4H2,1H3/b;15-10+;. The molecule has 326 valence electrons. The molecule has 0 spiro atoms. The fraction of sp³-hybridized carbons (Fsp3) is 0.224. The van der Waals surface area contributed by atoms with Gasteiger partial charge in [0.05, 0.1) is 25.6 Å². The van der Waals surface area contributed by atoms with Gasteiger partial charge in [0.2, 0.25) is 0 Å². The largest absolute Gasteiger partial charge is 0.497 e. The monoisotopic (exact) mass is 983 g/mol. The second-order valence-corrected chi connectivity index (χ2v) is 19.2. The van der Waals surface area contributed by atoms with Crippen molar-refractivity contribution in [3.8, 4) is 45.1 Å². The van der Waals surface area contributed by atoms with Gasteiger partial charge in [0, 0.05) is 43.2 Å². The number of hydrogen-bond acceptors (Lipinski definition) is 5. The Hall–Kier alpha value is -5.89. The highest BCUT2D eigenvalue weighted by Gasteiger charge is 2.30. The topological polar surface area (TPSA) is 65.5 Å². The summed E-state index contributed by atoms with van der Waals surface area (Å²) in [4.78, 5) is 29.4. The van der Waals surface area contributed by atoms with Crippen LogP contribution in [0.5, 0.6) is 11.5 Å². The highest BCUT2D eigenvalue weighted by atomic mass is 79.9. The van der Waals surface area contributed by atoms with Crippen LogP contribution < -0.4 is 9.47 Å². The van der Waals surface area contributed by atoms with Crippen LogP contribution >= 0.6 is 31.9 Å². The molecule has 1 aromatic heterocycles. The molecule has 6 aromatic carbocycles. The van der Waals surface area contributed by atoms with Crippen molar-refractivity contribution >= 4 is 49.5 Å². The average Bonchev–Trinajstić information content (AvgIpc) is 3.32. The summed E-state index contributed by atoms with van der Waals surface area (Å²) < 4.78 is 13.3. The maximum Gasteiger partial charge on any atom is 0.189 e. The fourth-order valence-corrected chi connectivity index (χ4v) is 10.5. The van der Waals surface area contributed by atoms with Crippen LogP contribution in [0.3, 0.4) is 0 Å². The number of pyridine rings is 1. The summed E-state index contributed by atoms with van der Waals surface area (Å²) in [5.74, 6) is 2.23. The normalized spacial score (nSPS) is 14.8. The van der Waals surface area contributed by atoms with Gasteiger partial charge >= 0.3 is 0 Å². The number of ketones is 2. The minimum atomic E-state index is 0.176. The van der Waals surface area contributed by atoms with Crippen molar-refractivity contribution in [2.24, 2.45) is 0 Å². The molecule has 0 saturated carbocycles. The molecule has 0 N–H and O–H groups in total. The molecule has 11 rings (SSSR count). The smallest absolute Gasteiger partial charge is 0.189 e. The van der Waals surface area contributed by atoms with E-state index in [2.05, 4.69) is 117 Å². The Kier molecular flexibility index (Phi) is 13.2. The van der Waals surface area contributed by atoms with E-state index < -0.39 is 0 Å². The first-order chi connectivity index (χ1) is 31.6. The second kappa shape index (κ2) is 19.3. The van der Waals surface area contributed by atoms with Crippen molar-refractivity contribution in [1.29, 1.82) is 0 Å². The number of benzene rings is 6. The third-order valence-electron chi connectivity index (χ3n) is 13.0. The first-order valence-electron chi connectivity index (χ1n) is 22.5. The zero-order chi connectivity index (χ0) is 45.2. The number of methoxy groups -OCH3 is 2. The van der Waals surface area contributed by atoms with Gasteiger partial charge in [-0.1, -0.05) is 104 Å². The molecule has 0 aliphatic heterocycles. The Labute approximate surface area is 399 Å². The molecule has 0 unspecified atom stereocenters. The van der Waals surface area contributed by atoms with E-state index in [0.717, 1.165) is 117 Å². The van der Waals surface area contributed by atoms with E-state index in [-0.39, 0.29) is 5.78 Å². The van der Waals surface area contributed by atoms with E-state index in [0.29, 0.717) is 5.78 Å². The van der Waals surface area contributed by atoms with E-state index in [1.807, 2.05) is 56.3 Å². The third kappa shape index (κ3) is 9.45. The minimum absolute atomic E-state index is 0.176. The number of allylic oxidation sites excluding steroid dienone is 1. The van der Waals surface area contributed by atoms with Crippen LogP contribution in [0.4, 0.5) is 0 Å². The molecule has 5 nitrogen and oxygen atoms in total. The molecule has 4 aliphatic rings. The van der Waals surface area contributed by atoms with Crippen molar-refractivity contribution in [3.63, 3.8) is 0 Å². The highest BCUT2D eigenvalue weighted by Crippen LogP contribution is 2.47. The van der Waals surface area contributed by atoms with Gasteiger partial charge in [0.25, 0.3) is 0 Å². The van der Waals surface area contributed by atoms with Crippen molar-refractivity contribution in [2.75, 3.05) is 14.2 Å². The van der Waals surface area contributed by atoms with Gasteiger partial charge in [-0.25, -0.2) is 4.98 Å². The van der Waals surface area contributed by atoms with E-state index in [9.17, 15) is 9.59 Å². The molecule has 7 heteroatoms. The Morgan fingerprint density at radius 1 is 0.523 bits per heavy atom. The molecule has 0 bridgehead atoms. The van der Waals surface area contributed by atoms with Crippen molar-refractivity contribution in [3.05, 3.63) is 197 Å². The van der Waals surface area contributed by atoms with Crippen molar-refractivity contribution in [1.82, 2.24) is 4.98 Å². The number of carbonyl (C=O) groups is 2. The van der Waals surface area contributed by atoms with Crippen molar-refractivity contribution < 1.29 is 19.1 Å². The Bertz CT molecular complexity index is 2960. The first kappa shape index (κ1) is 44.3. The van der Waals surface area contributed by atoms with E-state index in [1.54, 1.807) is 14.2 Å². The van der Waals surface area contributed by atoms with Gasteiger partial charge in [-0.2, -0.15) is 0 Å².